The highest BCUT2D eigenvalue weighted by molar-refractivity contribution is 7.95. The van der Waals surface area contributed by atoms with Gasteiger partial charge in [-0.05, 0) is 33.0 Å². The molecule has 10 heteroatoms. The van der Waals surface area contributed by atoms with Gasteiger partial charge in [0, 0.05) is 24.7 Å². The molecule has 0 amide bonds. The summed E-state index contributed by atoms with van der Waals surface area (Å²) in [7, 11) is -5.56. The number of rotatable bonds is 6. The van der Waals surface area contributed by atoms with Gasteiger partial charge in [-0.2, -0.15) is 0 Å². The minimum atomic E-state index is -3.91. The highest BCUT2D eigenvalue weighted by Gasteiger charge is 2.41. The SMILES string of the molecule is CCN(CCNC)[C@H]1C[C@H](C)S(=O)(=O)c2sc(S(N)(=O)=O)cc21. The van der Waals surface area contributed by atoms with Crippen molar-refractivity contribution in [1.29, 1.82) is 0 Å². The Bertz CT molecular complexity index is 770. The summed E-state index contributed by atoms with van der Waals surface area (Å²) < 4.78 is 48.4. The molecule has 1 aromatic heterocycles. The molecule has 3 N–H and O–H groups in total. The number of nitrogens with one attached hydrogen (secondary N) is 1. The van der Waals surface area contributed by atoms with Gasteiger partial charge in [-0.25, -0.2) is 22.0 Å². The minimum Gasteiger partial charge on any atom is -0.318 e. The number of fused-ring (bicyclic) bond motifs is 1. The molecule has 0 saturated carbocycles. The van der Waals surface area contributed by atoms with Crippen molar-refractivity contribution in [2.24, 2.45) is 5.14 Å². The van der Waals surface area contributed by atoms with E-state index in [2.05, 4.69) is 10.2 Å². The van der Waals surface area contributed by atoms with Crippen molar-refractivity contribution in [2.75, 3.05) is 26.7 Å². The van der Waals surface area contributed by atoms with Gasteiger partial charge in [0.25, 0.3) is 0 Å². The average molecular weight is 382 g/mol. The largest absolute Gasteiger partial charge is 0.318 e. The minimum absolute atomic E-state index is 0.0881. The van der Waals surface area contributed by atoms with Gasteiger partial charge in [0.2, 0.25) is 10.0 Å². The third-order valence-corrected chi connectivity index (χ3v) is 9.50. The zero-order chi connectivity index (χ0) is 17.4. The predicted molar refractivity (Wildman–Crippen MR) is 90.9 cm³/mol. The molecule has 0 bridgehead atoms. The summed E-state index contributed by atoms with van der Waals surface area (Å²) in [5.74, 6) is 0. The third kappa shape index (κ3) is 3.62. The molecular weight excluding hydrogens is 358 g/mol. The van der Waals surface area contributed by atoms with E-state index in [0.29, 0.717) is 12.0 Å². The van der Waals surface area contributed by atoms with Crippen LogP contribution in [0.15, 0.2) is 14.5 Å². The molecule has 0 aromatic carbocycles. The zero-order valence-electron chi connectivity index (χ0n) is 13.4. The van der Waals surface area contributed by atoms with E-state index < -0.39 is 25.1 Å². The Balaban J connectivity index is 2.55. The molecule has 1 aromatic rings. The van der Waals surface area contributed by atoms with Crippen LogP contribution >= 0.6 is 11.3 Å². The second kappa shape index (κ2) is 6.77. The fourth-order valence-corrected chi connectivity index (χ4v) is 7.24. The van der Waals surface area contributed by atoms with E-state index in [4.69, 9.17) is 5.14 Å². The van der Waals surface area contributed by atoms with Crippen LogP contribution in [0.2, 0.25) is 0 Å². The molecule has 1 aliphatic heterocycles. The highest BCUT2D eigenvalue weighted by Crippen LogP contribution is 2.44. The number of likely N-dealkylation sites (N-methyl/N-ethyl adjacent to an activating group) is 2. The second-order valence-electron chi connectivity index (χ2n) is 5.69. The molecule has 23 heavy (non-hydrogen) atoms. The first-order valence-corrected chi connectivity index (χ1v) is 11.3. The van der Waals surface area contributed by atoms with Gasteiger partial charge in [0.15, 0.2) is 9.84 Å². The first-order chi connectivity index (χ1) is 10.6. The molecule has 2 atom stereocenters. The van der Waals surface area contributed by atoms with E-state index >= 15 is 0 Å². The summed E-state index contributed by atoms with van der Waals surface area (Å²) in [6, 6.07) is 1.32. The van der Waals surface area contributed by atoms with Crippen molar-refractivity contribution in [1.82, 2.24) is 10.2 Å². The van der Waals surface area contributed by atoms with Crippen LogP contribution in [0.1, 0.15) is 31.9 Å². The first kappa shape index (κ1) is 18.8. The normalized spacial score (nSPS) is 23.9. The lowest BCUT2D eigenvalue weighted by atomic mass is 10.0. The number of sulfonamides is 1. The van der Waals surface area contributed by atoms with E-state index in [0.717, 1.165) is 31.0 Å². The summed E-state index contributed by atoms with van der Waals surface area (Å²) in [6.07, 6.45) is 0.452. The molecule has 0 spiro atoms. The summed E-state index contributed by atoms with van der Waals surface area (Å²) in [4.78, 5) is 2.17. The average Bonchev–Trinajstić information content (AvgIpc) is 2.91. The highest BCUT2D eigenvalue weighted by atomic mass is 32.3. The molecule has 0 radical (unpaired) electrons. The maximum absolute atomic E-state index is 12.6. The van der Waals surface area contributed by atoms with Gasteiger partial charge < -0.3 is 5.32 Å². The first-order valence-electron chi connectivity index (χ1n) is 7.42. The number of hydrogen-bond acceptors (Lipinski definition) is 7. The summed E-state index contributed by atoms with van der Waals surface area (Å²) in [6.45, 7) is 5.96. The predicted octanol–water partition coefficient (Wildman–Crippen LogP) is 0.544. The lowest BCUT2D eigenvalue weighted by Gasteiger charge is -2.35. The fraction of sp³-hybridized carbons (Fsp3) is 0.692. The number of sulfone groups is 1. The van der Waals surface area contributed by atoms with Crippen molar-refractivity contribution in [3.05, 3.63) is 11.6 Å². The lowest BCUT2D eigenvalue weighted by Crippen LogP contribution is -2.39. The van der Waals surface area contributed by atoms with Crippen LogP contribution in [0.4, 0.5) is 0 Å². The smallest absolute Gasteiger partial charge is 0.247 e. The Morgan fingerprint density at radius 3 is 2.65 bits per heavy atom. The number of nitrogens with two attached hydrogens (primary N) is 1. The van der Waals surface area contributed by atoms with Gasteiger partial charge in [-0.1, -0.05) is 6.92 Å². The molecule has 132 valence electrons. The van der Waals surface area contributed by atoms with E-state index in [1.165, 1.54) is 6.07 Å². The molecule has 7 nitrogen and oxygen atoms in total. The Morgan fingerprint density at radius 1 is 1.48 bits per heavy atom. The van der Waals surface area contributed by atoms with Gasteiger partial charge in [0.1, 0.15) is 8.42 Å². The molecule has 0 unspecified atom stereocenters. The molecule has 1 aliphatic rings. The maximum atomic E-state index is 12.6. The van der Waals surface area contributed by atoms with Gasteiger partial charge >= 0.3 is 0 Å². The van der Waals surface area contributed by atoms with Crippen molar-refractivity contribution in [3.8, 4) is 0 Å². The van der Waals surface area contributed by atoms with Crippen LogP contribution in [-0.2, 0) is 19.9 Å². The van der Waals surface area contributed by atoms with Gasteiger partial charge in [-0.3, -0.25) is 4.90 Å². The molecule has 0 aliphatic carbocycles. The number of hydrogen-bond donors (Lipinski definition) is 2. The summed E-state index contributed by atoms with van der Waals surface area (Å²) >= 11 is 0.765. The number of primary sulfonamides is 1. The molecule has 0 saturated heterocycles. The van der Waals surface area contributed by atoms with Crippen LogP contribution in [0.5, 0.6) is 0 Å². The van der Waals surface area contributed by atoms with Crippen LogP contribution < -0.4 is 10.5 Å². The lowest BCUT2D eigenvalue weighted by molar-refractivity contribution is 0.194. The Morgan fingerprint density at radius 2 is 2.13 bits per heavy atom. The second-order valence-corrected chi connectivity index (χ2v) is 11.1. The standard InChI is InChI=1S/C13H23N3O4S3/c1-4-16(6-5-15-3)11-7-9(2)22(17,18)13-10(11)8-12(21-13)23(14,19)20/h8-9,11,15H,4-7H2,1-3H3,(H2,14,19,20)/t9-,11-/m0/s1. The van der Waals surface area contributed by atoms with E-state index in [-0.39, 0.29) is 14.5 Å². The Labute approximate surface area is 141 Å². The Hall–Kier alpha value is -0.520. The topological polar surface area (TPSA) is 110 Å². The van der Waals surface area contributed by atoms with Crippen molar-refractivity contribution >= 4 is 31.2 Å². The Kier molecular flexibility index (Phi) is 5.54. The molecule has 0 fully saturated rings. The van der Waals surface area contributed by atoms with Crippen molar-refractivity contribution < 1.29 is 16.8 Å². The van der Waals surface area contributed by atoms with Crippen molar-refractivity contribution in [3.63, 3.8) is 0 Å². The molecule has 2 heterocycles. The third-order valence-electron chi connectivity index (χ3n) is 4.18. The van der Waals surface area contributed by atoms with E-state index in [9.17, 15) is 16.8 Å². The maximum Gasteiger partial charge on any atom is 0.247 e. The van der Waals surface area contributed by atoms with E-state index in [1.54, 1.807) is 6.92 Å². The van der Waals surface area contributed by atoms with Crippen LogP contribution in [-0.4, -0.2) is 53.7 Å². The zero-order valence-corrected chi connectivity index (χ0v) is 15.9. The molecular formula is C13H23N3O4S3. The van der Waals surface area contributed by atoms with Gasteiger partial charge in [-0.15, -0.1) is 11.3 Å². The number of thiophene rings is 1. The quantitative estimate of drug-likeness (QED) is 0.744. The van der Waals surface area contributed by atoms with E-state index in [1.807, 2.05) is 14.0 Å². The monoisotopic (exact) mass is 381 g/mol. The van der Waals surface area contributed by atoms with Crippen LogP contribution in [0.25, 0.3) is 0 Å². The number of nitrogens with zero attached hydrogens (tertiary/aromatic N) is 1. The van der Waals surface area contributed by atoms with Gasteiger partial charge in [0.05, 0.1) is 5.25 Å². The van der Waals surface area contributed by atoms with Crippen LogP contribution in [0, 0.1) is 0 Å². The summed E-state index contributed by atoms with van der Waals surface area (Å²) in [5.41, 5.74) is 0.565. The van der Waals surface area contributed by atoms with Crippen molar-refractivity contribution in [2.45, 2.75) is 40.0 Å². The fourth-order valence-electron chi connectivity index (χ4n) is 2.85. The molecule has 2 rings (SSSR count). The van der Waals surface area contributed by atoms with Crippen LogP contribution in [0.3, 0.4) is 0 Å². The summed E-state index contributed by atoms with van der Waals surface area (Å²) in [5, 5.41) is 7.72.